The molecule has 2 aromatic rings. The molecule has 0 saturated heterocycles. The second-order valence-electron chi connectivity index (χ2n) is 7.58. The number of nitrogens with zero attached hydrogens (tertiary/aromatic N) is 2. The summed E-state index contributed by atoms with van der Waals surface area (Å²) in [6.45, 7) is 6.55. The fourth-order valence-electron chi connectivity index (χ4n) is 3.43. The largest absolute Gasteiger partial charge is 0.384 e. The Balaban J connectivity index is 2.32. The van der Waals surface area contributed by atoms with Gasteiger partial charge in [0.2, 0.25) is 11.8 Å². The van der Waals surface area contributed by atoms with Crippen LogP contribution in [0.2, 0.25) is 0 Å². The minimum atomic E-state index is -1.14. The van der Waals surface area contributed by atoms with E-state index in [-0.39, 0.29) is 5.91 Å². The van der Waals surface area contributed by atoms with E-state index in [1.807, 2.05) is 56.1 Å². The number of likely N-dealkylation sites (N-methyl/N-ethyl adjacent to an activating group) is 1. The zero-order valence-electron chi connectivity index (χ0n) is 17.6. The van der Waals surface area contributed by atoms with Crippen LogP contribution < -0.4 is 16.8 Å². The van der Waals surface area contributed by atoms with Gasteiger partial charge in [0.1, 0.15) is 11.4 Å². The number of rotatable bonds is 9. The number of anilines is 1. The summed E-state index contributed by atoms with van der Waals surface area (Å²) in [6.07, 6.45) is 2.02. The zero-order chi connectivity index (χ0) is 21.6. The van der Waals surface area contributed by atoms with Crippen molar-refractivity contribution >= 4 is 17.6 Å². The van der Waals surface area contributed by atoms with Crippen LogP contribution in [-0.4, -0.2) is 40.8 Å². The first kappa shape index (κ1) is 22.4. The van der Waals surface area contributed by atoms with E-state index < -0.39 is 17.4 Å². The minimum Gasteiger partial charge on any atom is -0.384 e. The van der Waals surface area contributed by atoms with Gasteiger partial charge in [0.25, 0.3) is 0 Å². The fourth-order valence-corrected chi connectivity index (χ4v) is 3.43. The Bertz CT molecular complexity index is 853. The van der Waals surface area contributed by atoms with Crippen LogP contribution in [0.1, 0.15) is 30.5 Å². The molecule has 2 rings (SSSR count). The lowest BCUT2D eigenvalue weighted by Crippen LogP contribution is -2.62. The van der Waals surface area contributed by atoms with Crippen molar-refractivity contribution in [2.45, 2.75) is 39.3 Å². The van der Waals surface area contributed by atoms with Crippen LogP contribution in [0.25, 0.3) is 0 Å². The molecule has 0 fully saturated rings. The van der Waals surface area contributed by atoms with Crippen molar-refractivity contribution in [2.24, 2.45) is 11.7 Å². The first-order valence-electron chi connectivity index (χ1n) is 9.73. The molecular formula is C22H31N5O2. The van der Waals surface area contributed by atoms with Gasteiger partial charge in [-0.25, -0.2) is 4.98 Å². The van der Waals surface area contributed by atoms with E-state index in [4.69, 9.17) is 11.5 Å². The van der Waals surface area contributed by atoms with E-state index in [9.17, 15) is 9.59 Å². The Kier molecular flexibility index (Phi) is 7.34. The lowest BCUT2D eigenvalue weighted by atomic mass is 9.78. The van der Waals surface area contributed by atoms with Crippen LogP contribution in [0.15, 0.2) is 42.6 Å². The number of nitrogens with two attached hydrogens (primary N) is 2. The maximum Gasteiger partial charge on any atom is 0.238 e. The van der Waals surface area contributed by atoms with Crippen LogP contribution in [-0.2, 0) is 22.6 Å². The second kappa shape index (κ2) is 9.52. The number of hydrogen-bond acceptors (Lipinski definition) is 5. The number of aryl methyl sites for hydroxylation is 1. The van der Waals surface area contributed by atoms with Gasteiger partial charge in [0, 0.05) is 12.7 Å². The maximum atomic E-state index is 13.3. The highest BCUT2D eigenvalue weighted by Gasteiger charge is 2.46. The van der Waals surface area contributed by atoms with Crippen molar-refractivity contribution in [1.82, 2.24) is 15.2 Å². The van der Waals surface area contributed by atoms with Gasteiger partial charge >= 0.3 is 0 Å². The van der Waals surface area contributed by atoms with Crippen molar-refractivity contribution in [3.8, 4) is 0 Å². The van der Waals surface area contributed by atoms with Crippen LogP contribution in [0.4, 0.5) is 5.82 Å². The summed E-state index contributed by atoms with van der Waals surface area (Å²) in [4.78, 5) is 31.6. The van der Waals surface area contributed by atoms with Crippen LogP contribution >= 0.6 is 0 Å². The summed E-state index contributed by atoms with van der Waals surface area (Å²) < 4.78 is 0. The van der Waals surface area contributed by atoms with Gasteiger partial charge in [0.15, 0.2) is 0 Å². The number of nitrogens with one attached hydrogen (secondary N) is 1. The van der Waals surface area contributed by atoms with E-state index in [2.05, 4.69) is 10.3 Å². The molecule has 0 aliphatic carbocycles. The molecule has 0 aliphatic rings. The summed E-state index contributed by atoms with van der Waals surface area (Å²) in [5.41, 5.74) is 13.2. The molecule has 0 bridgehead atoms. The quantitative estimate of drug-likeness (QED) is 0.595. The molecule has 1 heterocycles. The average Bonchev–Trinajstić information content (AvgIpc) is 2.70. The summed E-state index contributed by atoms with van der Waals surface area (Å²) in [5, 5.41) is 2.94. The topological polar surface area (TPSA) is 114 Å². The molecule has 1 aromatic heterocycles. The smallest absolute Gasteiger partial charge is 0.238 e. The van der Waals surface area contributed by atoms with Crippen molar-refractivity contribution in [3.05, 3.63) is 59.3 Å². The van der Waals surface area contributed by atoms with E-state index >= 15 is 0 Å². The monoisotopic (exact) mass is 397 g/mol. The molecule has 0 spiro atoms. The van der Waals surface area contributed by atoms with E-state index in [0.717, 1.165) is 16.7 Å². The van der Waals surface area contributed by atoms with Gasteiger partial charge in [-0.2, -0.15) is 0 Å². The number of aromatic nitrogens is 1. The van der Waals surface area contributed by atoms with Crippen molar-refractivity contribution in [2.75, 3.05) is 19.3 Å². The molecule has 0 saturated carbocycles. The van der Waals surface area contributed by atoms with Crippen molar-refractivity contribution in [3.63, 3.8) is 0 Å². The van der Waals surface area contributed by atoms with E-state index in [0.29, 0.717) is 25.3 Å². The Morgan fingerprint density at radius 3 is 2.52 bits per heavy atom. The predicted molar refractivity (Wildman–Crippen MR) is 115 cm³/mol. The molecule has 1 unspecified atom stereocenters. The SMILES string of the molecule is CCN(C)C(C)(C(N)=O)[C@H](Cc1cccc(C)c1)C(=O)NCc1ccc(N)nc1. The first-order valence-corrected chi connectivity index (χ1v) is 9.73. The number of carbonyl (C=O) groups is 2. The number of pyridine rings is 1. The molecule has 0 aliphatic heterocycles. The molecule has 7 heteroatoms. The van der Waals surface area contributed by atoms with Crippen LogP contribution in [0, 0.1) is 12.8 Å². The maximum absolute atomic E-state index is 13.3. The van der Waals surface area contributed by atoms with E-state index in [1.54, 1.807) is 19.2 Å². The van der Waals surface area contributed by atoms with Gasteiger partial charge in [-0.05, 0) is 51.1 Å². The van der Waals surface area contributed by atoms with Crippen molar-refractivity contribution < 1.29 is 9.59 Å². The number of amides is 2. The summed E-state index contributed by atoms with van der Waals surface area (Å²) in [5.74, 6) is -0.995. The zero-order valence-corrected chi connectivity index (χ0v) is 17.6. The molecule has 5 N–H and O–H groups in total. The fraction of sp³-hybridized carbons (Fsp3) is 0.409. The lowest BCUT2D eigenvalue weighted by molar-refractivity contribution is -0.141. The Hall–Kier alpha value is -2.93. The molecular weight excluding hydrogens is 366 g/mol. The third-order valence-corrected chi connectivity index (χ3v) is 5.60. The standard InChI is InChI=1S/C22H31N5O2/c1-5-27(4)22(3,21(24)29)18(12-16-8-6-7-15(2)11-16)20(28)26-14-17-9-10-19(23)25-13-17/h6-11,13,18H,5,12,14H2,1-4H3,(H2,23,25)(H2,24,29)(H,26,28)/t18-,22?/m1/s1. The van der Waals surface area contributed by atoms with Gasteiger partial charge in [0.05, 0.1) is 5.92 Å². The molecule has 1 aromatic carbocycles. The number of nitrogen functional groups attached to an aromatic ring is 1. The number of hydrogen-bond donors (Lipinski definition) is 3. The molecule has 0 radical (unpaired) electrons. The third kappa shape index (κ3) is 5.32. The predicted octanol–water partition coefficient (Wildman–Crippen LogP) is 1.64. The molecule has 156 valence electrons. The normalized spacial score (nSPS) is 14.2. The summed E-state index contributed by atoms with van der Waals surface area (Å²) in [6, 6.07) is 11.4. The second-order valence-corrected chi connectivity index (χ2v) is 7.58. The average molecular weight is 398 g/mol. The highest BCUT2D eigenvalue weighted by Crippen LogP contribution is 2.28. The highest BCUT2D eigenvalue weighted by molar-refractivity contribution is 5.92. The Labute approximate surface area is 172 Å². The summed E-state index contributed by atoms with van der Waals surface area (Å²) >= 11 is 0. The van der Waals surface area contributed by atoms with Gasteiger partial charge in [-0.15, -0.1) is 0 Å². The number of benzene rings is 1. The van der Waals surface area contributed by atoms with Gasteiger partial charge in [-0.3, -0.25) is 14.5 Å². The summed E-state index contributed by atoms with van der Waals surface area (Å²) in [7, 11) is 1.81. The highest BCUT2D eigenvalue weighted by atomic mass is 16.2. The van der Waals surface area contributed by atoms with E-state index in [1.165, 1.54) is 0 Å². The van der Waals surface area contributed by atoms with Gasteiger partial charge < -0.3 is 16.8 Å². The first-order chi connectivity index (χ1) is 13.7. The van der Waals surface area contributed by atoms with Crippen molar-refractivity contribution in [1.29, 1.82) is 0 Å². The van der Waals surface area contributed by atoms with Crippen LogP contribution in [0.5, 0.6) is 0 Å². The Morgan fingerprint density at radius 1 is 1.24 bits per heavy atom. The third-order valence-electron chi connectivity index (χ3n) is 5.60. The Morgan fingerprint density at radius 2 is 1.97 bits per heavy atom. The number of carbonyl (C=O) groups excluding carboxylic acids is 2. The lowest BCUT2D eigenvalue weighted by Gasteiger charge is -2.41. The molecule has 7 nitrogen and oxygen atoms in total. The minimum absolute atomic E-state index is 0.232. The van der Waals surface area contributed by atoms with Gasteiger partial charge in [-0.1, -0.05) is 42.8 Å². The molecule has 2 atom stereocenters. The molecule has 2 amide bonds. The van der Waals surface area contributed by atoms with Crippen LogP contribution in [0.3, 0.4) is 0 Å². The number of primary amides is 1. The molecule has 29 heavy (non-hydrogen) atoms.